The minimum absolute atomic E-state index is 0. The van der Waals surface area contributed by atoms with Crippen LogP contribution < -0.4 is 27.2 Å². The van der Waals surface area contributed by atoms with Crippen LogP contribution in [0.2, 0.25) is 0 Å². The number of alkyl halides is 3. The number of carbonyl (C=O) groups is 1. The molecule has 2 aromatic carbocycles. The van der Waals surface area contributed by atoms with Gasteiger partial charge in [-0.05, 0) is 55.6 Å². The topological polar surface area (TPSA) is 55.4 Å². The summed E-state index contributed by atoms with van der Waals surface area (Å²) in [5, 5.41) is 2.20. The summed E-state index contributed by atoms with van der Waals surface area (Å²) in [7, 11) is 0. The third-order valence-electron chi connectivity index (χ3n) is 9.97. The van der Waals surface area contributed by atoms with Gasteiger partial charge in [-0.3, -0.25) is 4.79 Å². The smallest absolute Gasteiger partial charge is 0.422 e. The van der Waals surface area contributed by atoms with Crippen LogP contribution in [-0.4, -0.2) is 55.9 Å². The second-order valence-electron chi connectivity index (χ2n) is 12.2. The number of piperidine rings is 1. The van der Waals surface area contributed by atoms with Gasteiger partial charge in [-0.1, -0.05) is 61.7 Å². The molecule has 2 aromatic rings. The van der Waals surface area contributed by atoms with E-state index in [4.69, 9.17) is 9.47 Å². The van der Waals surface area contributed by atoms with Gasteiger partial charge in [-0.15, -0.1) is 0 Å². The van der Waals surface area contributed by atoms with E-state index in [9.17, 15) is 18.0 Å². The van der Waals surface area contributed by atoms with Crippen LogP contribution in [0.1, 0.15) is 68.4 Å². The fourth-order valence-electron chi connectivity index (χ4n) is 8.05. The Morgan fingerprint density at radius 1 is 1.05 bits per heavy atom. The molecular weight excluding hydrogens is 553 g/mol. The molecule has 0 aromatic heterocycles. The van der Waals surface area contributed by atoms with Crippen molar-refractivity contribution in [1.29, 1.82) is 0 Å². The van der Waals surface area contributed by atoms with Gasteiger partial charge in [0.2, 0.25) is 5.91 Å². The number of rotatable bonds is 5. The molecular formula is C32H40ClF3N2O3. The van der Waals surface area contributed by atoms with Crippen LogP contribution >= 0.6 is 0 Å². The second kappa shape index (κ2) is 12.4. The highest BCUT2D eigenvalue weighted by atomic mass is 35.5. The predicted molar refractivity (Wildman–Crippen MR) is 145 cm³/mol. The number of hydrogen-bond donors (Lipinski definition) is 1. The van der Waals surface area contributed by atoms with Crippen LogP contribution in [0, 0.1) is 11.8 Å². The van der Waals surface area contributed by atoms with Crippen molar-refractivity contribution < 1.29 is 45.2 Å². The van der Waals surface area contributed by atoms with E-state index in [0.29, 0.717) is 37.2 Å². The van der Waals surface area contributed by atoms with Crippen molar-refractivity contribution in [3.63, 3.8) is 0 Å². The van der Waals surface area contributed by atoms with Gasteiger partial charge >= 0.3 is 6.18 Å². The molecule has 3 aliphatic heterocycles. The lowest BCUT2D eigenvalue weighted by atomic mass is 9.67. The monoisotopic (exact) mass is 592 g/mol. The SMILES string of the molecule is O=C([C@@H]1C[NH2+]C[C@]12CCOc1c(OCC(F)(F)F)cccc12)N1CC[C@@H](c2ccccc2)C[C@H]1C1CCCCC1.[Cl-]. The first-order valence-electron chi connectivity index (χ1n) is 15.0. The van der Waals surface area contributed by atoms with Crippen molar-refractivity contribution in [3.8, 4) is 11.5 Å². The number of quaternary nitrogens is 1. The molecule has 4 aliphatic rings. The predicted octanol–water partition coefficient (Wildman–Crippen LogP) is 2.20. The summed E-state index contributed by atoms with van der Waals surface area (Å²) in [6.45, 7) is 1.15. The lowest BCUT2D eigenvalue weighted by Gasteiger charge is -2.47. The van der Waals surface area contributed by atoms with E-state index >= 15 is 0 Å². The number of para-hydroxylation sites is 1. The Morgan fingerprint density at radius 3 is 2.59 bits per heavy atom. The summed E-state index contributed by atoms with van der Waals surface area (Å²) < 4.78 is 49.9. The number of benzene rings is 2. The molecule has 3 heterocycles. The third-order valence-corrected chi connectivity index (χ3v) is 9.97. The number of ether oxygens (including phenoxy) is 2. The van der Waals surface area contributed by atoms with E-state index in [2.05, 4.69) is 40.5 Å². The van der Waals surface area contributed by atoms with E-state index < -0.39 is 18.2 Å². The Labute approximate surface area is 246 Å². The molecule has 1 aliphatic carbocycles. The van der Waals surface area contributed by atoms with Gasteiger partial charge in [0, 0.05) is 18.2 Å². The highest BCUT2D eigenvalue weighted by molar-refractivity contribution is 5.82. The minimum Gasteiger partial charge on any atom is -1.00 e. The van der Waals surface area contributed by atoms with Gasteiger partial charge in [0.05, 0.1) is 25.1 Å². The summed E-state index contributed by atoms with van der Waals surface area (Å²) in [5.74, 6) is 1.43. The van der Waals surface area contributed by atoms with Gasteiger partial charge in [0.1, 0.15) is 5.92 Å². The summed E-state index contributed by atoms with van der Waals surface area (Å²) in [5.41, 5.74) is 1.71. The molecule has 1 amide bonds. The first-order chi connectivity index (χ1) is 19.4. The second-order valence-corrected chi connectivity index (χ2v) is 12.2. The Kier molecular flexibility index (Phi) is 9.10. The number of nitrogens with two attached hydrogens (primary N) is 1. The summed E-state index contributed by atoms with van der Waals surface area (Å²) in [4.78, 5) is 16.8. The van der Waals surface area contributed by atoms with Gasteiger partial charge in [0.15, 0.2) is 18.1 Å². The number of amides is 1. The lowest BCUT2D eigenvalue weighted by molar-refractivity contribution is -0.640. The zero-order valence-electron chi connectivity index (χ0n) is 23.4. The average Bonchev–Trinajstić information content (AvgIpc) is 3.40. The van der Waals surface area contributed by atoms with Crippen molar-refractivity contribution in [2.75, 3.05) is 32.8 Å². The van der Waals surface area contributed by atoms with Crippen molar-refractivity contribution in [2.45, 2.75) is 74.9 Å². The molecule has 4 atom stereocenters. The first kappa shape index (κ1) is 30.0. The highest BCUT2D eigenvalue weighted by Gasteiger charge is 2.56. The summed E-state index contributed by atoms with van der Waals surface area (Å²) in [6, 6.07) is 16.1. The number of halogens is 4. The Bertz CT molecular complexity index is 1190. The fraction of sp³-hybridized carbons (Fsp3) is 0.594. The van der Waals surface area contributed by atoms with Crippen LogP contribution in [0.5, 0.6) is 11.5 Å². The molecule has 224 valence electrons. The number of likely N-dealkylation sites (tertiary alicyclic amines) is 1. The van der Waals surface area contributed by atoms with Crippen molar-refractivity contribution >= 4 is 5.91 Å². The quantitative estimate of drug-likeness (QED) is 0.579. The molecule has 5 nitrogen and oxygen atoms in total. The molecule has 3 fully saturated rings. The molecule has 2 saturated heterocycles. The first-order valence-corrected chi connectivity index (χ1v) is 15.0. The van der Waals surface area contributed by atoms with E-state index in [1.165, 1.54) is 43.7 Å². The molecule has 9 heteroatoms. The highest BCUT2D eigenvalue weighted by Crippen LogP contribution is 2.50. The zero-order valence-corrected chi connectivity index (χ0v) is 24.1. The standard InChI is InChI=1S/C32H39F3N2O3.ClH/c33-32(34,35)21-40-28-13-7-12-25-29(28)39-17-15-31(25)20-36-19-26(31)30(38)37-16-14-24(22-8-3-1-4-9-22)18-27(37)23-10-5-2-6-11-23;/h1,3-4,7-9,12-13,23-24,26-27,36H,2,5-6,10-11,14-21H2;1H/t24-,26+,27+,31+;/m1./s1. The van der Waals surface area contributed by atoms with Crippen molar-refractivity contribution in [2.24, 2.45) is 11.8 Å². The van der Waals surface area contributed by atoms with Gasteiger partial charge in [-0.2, -0.15) is 13.2 Å². The maximum atomic E-state index is 14.6. The van der Waals surface area contributed by atoms with Gasteiger partial charge < -0.3 is 32.1 Å². The maximum absolute atomic E-state index is 14.6. The van der Waals surface area contributed by atoms with E-state index in [1.807, 2.05) is 6.07 Å². The van der Waals surface area contributed by atoms with Crippen LogP contribution in [0.4, 0.5) is 13.2 Å². The molecule has 41 heavy (non-hydrogen) atoms. The lowest BCUT2D eigenvalue weighted by Crippen LogP contribution is -3.00. The molecule has 2 N–H and O–H groups in total. The minimum atomic E-state index is -4.44. The maximum Gasteiger partial charge on any atom is 0.422 e. The van der Waals surface area contributed by atoms with Crippen LogP contribution in [0.25, 0.3) is 0 Å². The average molecular weight is 593 g/mol. The van der Waals surface area contributed by atoms with E-state index in [0.717, 1.165) is 31.5 Å². The summed E-state index contributed by atoms with van der Waals surface area (Å²) in [6.07, 6.45) is 4.27. The van der Waals surface area contributed by atoms with Crippen molar-refractivity contribution in [3.05, 3.63) is 59.7 Å². The van der Waals surface area contributed by atoms with Crippen molar-refractivity contribution in [1.82, 2.24) is 4.90 Å². The van der Waals surface area contributed by atoms with E-state index in [1.54, 1.807) is 6.07 Å². The molecule has 6 rings (SSSR count). The number of hydrogen-bond acceptors (Lipinski definition) is 3. The molecule has 0 unspecified atom stereocenters. The molecule has 0 radical (unpaired) electrons. The number of nitrogens with zero attached hydrogens (tertiary/aromatic N) is 1. The Hall–Kier alpha value is -2.45. The van der Waals surface area contributed by atoms with Gasteiger partial charge in [0.25, 0.3) is 0 Å². The van der Waals surface area contributed by atoms with Gasteiger partial charge in [-0.25, -0.2) is 0 Å². The number of fused-ring (bicyclic) bond motifs is 2. The molecule has 1 spiro atoms. The molecule has 1 saturated carbocycles. The Balaban J connectivity index is 0.00000337. The normalized spacial score (nSPS) is 28.5. The third kappa shape index (κ3) is 6.05. The van der Waals surface area contributed by atoms with Crippen LogP contribution in [0.15, 0.2) is 48.5 Å². The largest absolute Gasteiger partial charge is 1.00 e. The zero-order chi connectivity index (χ0) is 27.7. The Morgan fingerprint density at radius 2 is 1.83 bits per heavy atom. The summed E-state index contributed by atoms with van der Waals surface area (Å²) >= 11 is 0. The number of carbonyl (C=O) groups excluding carboxylic acids is 1. The van der Waals surface area contributed by atoms with Crippen LogP contribution in [0.3, 0.4) is 0 Å². The fourth-order valence-corrected chi connectivity index (χ4v) is 8.05. The van der Waals surface area contributed by atoms with Crippen LogP contribution in [-0.2, 0) is 10.2 Å². The molecule has 0 bridgehead atoms. The van der Waals surface area contributed by atoms with E-state index in [-0.39, 0.29) is 36.0 Å².